The molecule has 0 aliphatic rings. The van der Waals surface area contributed by atoms with Crippen LogP contribution in [0.25, 0.3) is 10.9 Å². The summed E-state index contributed by atoms with van der Waals surface area (Å²) in [5, 5.41) is 21.4. The number of carbonyl (C=O) groups is 1. The number of phenols is 1. The van der Waals surface area contributed by atoms with Gasteiger partial charge in [-0.15, -0.1) is 0 Å². The Kier molecular flexibility index (Phi) is 4.60. The number of nitrogens with zero attached hydrogens (tertiary/aromatic N) is 3. The van der Waals surface area contributed by atoms with Gasteiger partial charge in [0, 0.05) is 30.5 Å². The summed E-state index contributed by atoms with van der Waals surface area (Å²) in [6, 6.07) is 17.7. The molecule has 6 heteroatoms. The Bertz CT molecular complexity index is 1150. The van der Waals surface area contributed by atoms with E-state index in [1.165, 1.54) is 0 Å². The molecule has 138 valence electrons. The molecule has 0 aliphatic carbocycles. The Hall–Kier alpha value is -3.93. The fourth-order valence-electron chi connectivity index (χ4n) is 3.20. The van der Waals surface area contributed by atoms with E-state index in [0.29, 0.717) is 23.4 Å². The van der Waals surface area contributed by atoms with Gasteiger partial charge in [0.1, 0.15) is 5.52 Å². The molecule has 0 saturated carbocycles. The zero-order chi connectivity index (χ0) is 19.5. The molecule has 0 fully saturated rings. The van der Waals surface area contributed by atoms with Gasteiger partial charge in [0.25, 0.3) is 0 Å². The number of benzene rings is 2. The number of carboxylic acid groups (broad SMARTS) is 1. The highest BCUT2D eigenvalue weighted by Gasteiger charge is 2.21. The number of phenolic OH excluding ortho intramolecular Hbond substituents is 1. The van der Waals surface area contributed by atoms with Crippen molar-refractivity contribution in [1.29, 1.82) is 0 Å². The van der Waals surface area contributed by atoms with Crippen LogP contribution in [0.1, 0.15) is 15.9 Å². The number of aromatic carboxylic acids is 1. The number of hydrogen-bond donors (Lipinski definition) is 2. The van der Waals surface area contributed by atoms with Crippen molar-refractivity contribution >= 4 is 28.2 Å². The number of anilines is 2. The van der Waals surface area contributed by atoms with Crippen LogP contribution in [0.2, 0.25) is 0 Å². The minimum atomic E-state index is -1.04. The minimum absolute atomic E-state index is 0.00202. The molecule has 0 unspecified atom stereocenters. The third-order valence-electron chi connectivity index (χ3n) is 4.51. The van der Waals surface area contributed by atoms with Crippen LogP contribution in [0.5, 0.6) is 5.75 Å². The van der Waals surface area contributed by atoms with E-state index in [1.807, 2.05) is 24.3 Å². The van der Waals surface area contributed by atoms with Crippen LogP contribution >= 0.6 is 0 Å². The van der Waals surface area contributed by atoms with E-state index in [1.54, 1.807) is 59.9 Å². The van der Waals surface area contributed by atoms with E-state index in [9.17, 15) is 15.0 Å². The third-order valence-corrected chi connectivity index (χ3v) is 4.51. The predicted molar refractivity (Wildman–Crippen MR) is 107 cm³/mol. The molecule has 0 amide bonds. The van der Waals surface area contributed by atoms with E-state index in [0.717, 1.165) is 10.9 Å². The molecule has 0 bridgehead atoms. The average Bonchev–Trinajstić information content (AvgIpc) is 2.74. The van der Waals surface area contributed by atoms with Crippen molar-refractivity contribution in [2.24, 2.45) is 0 Å². The molecule has 0 aliphatic heterocycles. The first kappa shape index (κ1) is 17.5. The van der Waals surface area contributed by atoms with Gasteiger partial charge in [-0.1, -0.05) is 30.3 Å². The summed E-state index contributed by atoms with van der Waals surface area (Å²) in [5.74, 6) is -1.03. The van der Waals surface area contributed by atoms with Crippen molar-refractivity contribution in [1.82, 2.24) is 9.97 Å². The monoisotopic (exact) mass is 371 g/mol. The number of rotatable bonds is 5. The van der Waals surface area contributed by atoms with Gasteiger partial charge in [0.15, 0.2) is 5.75 Å². The third kappa shape index (κ3) is 3.23. The molecule has 28 heavy (non-hydrogen) atoms. The lowest BCUT2D eigenvalue weighted by Gasteiger charge is -2.27. The van der Waals surface area contributed by atoms with Gasteiger partial charge in [0.2, 0.25) is 0 Å². The van der Waals surface area contributed by atoms with Crippen molar-refractivity contribution in [3.05, 3.63) is 90.4 Å². The Morgan fingerprint density at radius 1 is 0.929 bits per heavy atom. The zero-order valence-electron chi connectivity index (χ0n) is 14.9. The van der Waals surface area contributed by atoms with Gasteiger partial charge in [-0.05, 0) is 35.9 Å². The molecule has 0 spiro atoms. The van der Waals surface area contributed by atoms with E-state index < -0.39 is 5.97 Å². The largest absolute Gasteiger partial charge is 0.504 e. The Balaban J connectivity index is 1.92. The van der Waals surface area contributed by atoms with Crippen LogP contribution in [0.3, 0.4) is 0 Å². The van der Waals surface area contributed by atoms with E-state index in [4.69, 9.17) is 0 Å². The second kappa shape index (κ2) is 7.36. The fraction of sp³-hybridized carbons (Fsp3) is 0.0455. The summed E-state index contributed by atoms with van der Waals surface area (Å²) in [6.07, 6.45) is 5.01. The Morgan fingerprint density at radius 2 is 1.75 bits per heavy atom. The SMILES string of the molecule is O=C(O)c1ccccc1N(Cc1cccnc1)c1ccc2cccnc2c1O. The second-order valence-corrected chi connectivity index (χ2v) is 6.28. The number of aromatic hydroxyl groups is 1. The van der Waals surface area contributed by atoms with Gasteiger partial charge < -0.3 is 15.1 Å². The molecular formula is C22H17N3O3. The number of carboxylic acids is 1. The van der Waals surface area contributed by atoms with Crippen LogP contribution in [0, 0.1) is 0 Å². The first-order chi connectivity index (χ1) is 13.6. The summed E-state index contributed by atoms with van der Waals surface area (Å²) >= 11 is 0. The lowest BCUT2D eigenvalue weighted by Crippen LogP contribution is -2.19. The van der Waals surface area contributed by atoms with Crippen molar-refractivity contribution < 1.29 is 15.0 Å². The van der Waals surface area contributed by atoms with Crippen LogP contribution in [-0.2, 0) is 6.54 Å². The summed E-state index contributed by atoms with van der Waals surface area (Å²) < 4.78 is 0. The molecule has 2 aromatic carbocycles. The average molecular weight is 371 g/mol. The Labute approximate surface area is 161 Å². The van der Waals surface area contributed by atoms with Gasteiger partial charge in [-0.3, -0.25) is 9.97 Å². The maximum Gasteiger partial charge on any atom is 0.337 e. The van der Waals surface area contributed by atoms with Crippen molar-refractivity contribution in [2.75, 3.05) is 4.90 Å². The molecule has 6 nitrogen and oxygen atoms in total. The minimum Gasteiger partial charge on any atom is -0.504 e. The van der Waals surface area contributed by atoms with Crippen molar-refractivity contribution in [2.45, 2.75) is 6.54 Å². The van der Waals surface area contributed by atoms with Crippen LogP contribution < -0.4 is 4.90 Å². The van der Waals surface area contributed by atoms with Crippen LogP contribution in [-0.4, -0.2) is 26.2 Å². The summed E-state index contributed by atoms with van der Waals surface area (Å²) in [5.41, 5.74) is 2.44. The van der Waals surface area contributed by atoms with Crippen LogP contribution in [0.4, 0.5) is 11.4 Å². The highest BCUT2D eigenvalue weighted by atomic mass is 16.4. The molecule has 0 saturated heterocycles. The van der Waals surface area contributed by atoms with Gasteiger partial charge >= 0.3 is 5.97 Å². The van der Waals surface area contributed by atoms with E-state index in [2.05, 4.69) is 9.97 Å². The normalized spacial score (nSPS) is 10.7. The summed E-state index contributed by atoms with van der Waals surface area (Å²) in [4.78, 5) is 22.0. The number of hydrogen-bond acceptors (Lipinski definition) is 5. The van der Waals surface area contributed by atoms with Crippen molar-refractivity contribution in [3.8, 4) is 5.75 Å². The molecule has 4 aromatic rings. The maximum absolute atomic E-state index is 11.8. The van der Waals surface area contributed by atoms with Gasteiger partial charge in [-0.2, -0.15) is 0 Å². The quantitative estimate of drug-likeness (QED) is 0.542. The topological polar surface area (TPSA) is 86.5 Å². The number of para-hydroxylation sites is 1. The zero-order valence-corrected chi connectivity index (χ0v) is 14.9. The molecule has 0 atom stereocenters. The smallest absolute Gasteiger partial charge is 0.337 e. The molecule has 4 rings (SSSR count). The van der Waals surface area contributed by atoms with Gasteiger partial charge in [0.05, 0.1) is 16.9 Å². The lowest BCUT2D eigenvalue weighted by atomic mass is 10.1. The highest BCUT2D eigenvalue weighted by Crippen LogP contribution is 2.39. The first-order valence-corrected chi connectivity index (χ1v) is 8.70. The van der Waals surface area contributed by atoms with Crippen molar-refractivity contribution in [3.63, 3.8) is 0 Å². The number of fused-ring (bicyclic) bond motifs is 1. The molecule has 2 aromatic heterocycles. The summed E-state index contributed by atoms with van der Waals surface area (Å²) in [6.45, 7) is 0.337. The predicted octanol–water partition coefficient (Wildman–Crippen LogP) is 4.37. The summed E-state index contributed by atoms with van der Waals surface area (Å²) in [7, 11) is 0. The van der Waals surface area contributed by atoms with Crippen LogP contribution in [0.15, 0.2) is 79.3 Å². The Morgan fingerprint density at radius 3 is 2.54 bits per heavy atom. The maximum atomic E-state index is 11.8. The second-order valence-electron chi connectivity index (χ2n) is 6.28. The molecular weight excluding hydrogens is 354 g/mol. The van der Waals surface area contributed by atoms with E-state index in [-0.39, 0.29) is 11.3 Å². The van der Waals surface area contributed by atoms with E-state index >= 15 is 0 Å². The first-order valence-electron chi connectivity index (χ1n) is 8.70. The molecule has 0 radical (unpaired) electrons. The highest BCUT2D eigenvalue weighted by molar-refractivity contribution is 5.97. The fourth-order valence-corrected chi connectivity index (χ4v) is 3.20. The lowest BCUT2D eigenvalue weighted by molar-refractivity contribution is 0.0697. The standard InChI is InChI=1S/C22H17N3O3/c26-21-19(10-9-16-6-4-12-24-20(16)21)25(14-15-5-3-11-23-13-15)18-8-2-1-7-17(18)22(27)28/h1-13,26H,14H2,(H,27,28). The molecule has 2 N–H and O–H groups in total. The van der Waals surface area contributed by atoms with Gasteiger partial charge in [-0.25, -0.2) is 4.79 Å². The number of aromatic nitrogens is 2. The number of pyridine rings is 2. The molecule has 2 heterocycles.